The number of amides is 1. The Morgan fingerprint density at radius 2 is 2.21 bits per heavy atom. The van der Waals surface area contributed by atoms with Gasteiger partial charge >= 0.3 is 0 Å². The van der Waals surface area contributed by atoms with Crippen LogP contribution < -0.4 is 10.8 Å². The number of thiazole rings is 1. The first kappa shape index (κ1) is 18.8. The number of hydrogen-bond donors (Lipinski definition) is 4. The lowest BCUT2D eigenvalue weighted by Gasteiger charge is -2.01. The summed E-state index contributed by atoms with van der Waals surface area (Å²) < 4.78 is 1.68. The van der Waals surface area contributed by atoms with E-state index in [1.54, 1.807) is 30.4 Å². The second-order valence-corrected chi connectivity index (χ2v) is 7.04. The van der Waals surface area contributed by atoms with E-state index < -0.39 is 0 Å². The summed E-state index contributed by atoms with van der Waals surface area (Å²) in [5.74, 6) is -0.243. The summed E-state index contributed by atoms with van der Waals surface area (Å²) in [6.07, 6.45) is 0. The highest BCUT2D eigenvalue weighted by molar-refractivity contribution is 7.07. The van der Waals surface area contributed by atoms with Gasteiger partial charge in [0, 0.05) is 35.9 Å². The lowest BCUT2D eigenvalue weighted by Crippen LogP contribution is -2.23. The Kier molecular flexibility index (Phi) is 5.10. The molecule has 0 saturated heterocycles. The summed E-state index contributed by atoms with van der Waals surface area (Å²) in [4.78, 5) is 24.7. The van der Waals surface area contributed by atoms with E-state index in [2.05, 4.69) is 25.9 Å². The second-order valence-electron chi connectivity index (χ2n) is 6.32. The van der Waals surface area contributed by atoms with Crippen LogP contribution in [0.1, 0.15) is 21.9 Å². The van der Waals surface area contributed by atoms with Gasteiger partial charge in [0.05, 0.1) is 23.4 Å². The first-order valence-electron chi connectivity index (χ1n) is 8.80. The number of rotatable bonds is 6. The van der Waals surface area contributed by atoms with Gasteiger partial charge in [0.25, 0.3) is 11.8 Å². The monoisotopic (exact) mass is 409 g/mol. The maximum Gasteiger partial charge on any atom is 0.272 e. The molecule has 0 atom stereocenters. The molecule has 3 aromatic heterocycles. The molecule has 1 amide bonds. The van der Waals surface area contributed by atoms with Crippen molar-refractivity contribution >= 4 is 34.0 Å². The molecular formula is C19H19N7O2S. The standard InChI is InChI=1S/C19H19N7O2S/c1-21-28-18(20)15-6-12-5-11(3-4-14(12)24-15)17-7-16(25-26(17)2)19(27)22-8-13-9-29-10-23-13/h3-7,9-10,20-21,24H,8H2,1-2H3,(H,22,27). The van der Waals surface area contributed by atoms with Crippen molar-refractivity contribution in [2.24, 2.45) is 7.05 Å². The SMILES string of the molecule is CNOC(=N)c1cc2cc(-c3cc(C(=O)NCc4cscn4)nn3C)ccc2[nH]1. The molecule has 0 fully saturated rings. The number of hydrogen-bond acceptors (Lipinski definition) is 7. The van der Waals surface area contributed by atoms with E-state index in [0.717, 1.165) is 27.9 Å². The summed E-state index contributed by atoms with van der Waals surface area (Å²) in [6, 6.07) is 9.46. The summed E-state index contributed by atoms with van der Waals surface area (Å²) >= 11 is 1.49. The van der Waals surface area contributed by atoms with E-state index in [1.807, 2.05) is 29.6 Å². The number of aryl methyl sites for hydroxylation is 1. The third-order valence-corrected chi connectivity index (χ3v) is 5.03. The zero-order valence-electron chi connectivity index (χ0n) is 15.8. The highest BCUT2D eigenvalue weighted by atomic mass is 32.1. The average Bonchev–Trinajstić information content (AvgIpc) is 3.45. The lowest BCUT2D eigenvalue weighted by molar-refractivity contribution is 0.0944. The van der Waals surface area contributed by atoms with Crippen molar-refractivity contribution in [2.75, 3.05) is 7.05 Å². The normalized spacial score (nSPS) is 11.0. The van der Waals surface area contributed by atoms with E-state index in [0.29, 0.717) is 17.9 Å². The molecular weight excluding hydrogens is 390 g/mol. The minimum absolute atomic E-state index is 0.00449. The molecule has 0 aliphatic rings. The number of carbonyl (C=O) groups excluding carboxylic acids is 1. The molecule has 148 valence electrons. The number of carbonyl (C=O) groups is 1. The van der Waals surface area contributed by atoms with Gasteiger partial charge < -0.3 is 15.1 Å². The van der Waals surface area contributed by atoms with Gasteiger partial charge in [-0.25, -0.2) is 4.98 Å². The zero-order valence-corrected chi connectivity index (χ0v) is 16.6. The number of aromatic nitrogens is 4. The van der Waals surface area contributed by atoms with E-state index >= 15 is 0 Å². The van der Waals surface area contributed by atoms with E-state index in [1.165, 1.54) is 11.3 Å². The Hall–Kier alpha value is -3.50. The largest absolute Gasteiger partial charge is 0.387 e. The van der Waals surface area contributed by atoms with Crippen LogP contribution in [0.25, 0.3) is 22.2 Å². The van der Waals surface area contributed by atoms with Gasteiger partial charge in [-0.1, -0.05) is 6.07 Å². The summed E-state index contributed by atoms with van der Waals surface area (Å²) in [5.41, 5.74) is 8.57. The van der Waals surface area contributed by atoms with Gasteiger partial charge in [-0.15, -0.1) is 11.3 Å². The van der Waals surface area contributed by atoms with Crippen LogP contribution in [-0.2, 0) is 18.4 Å². The number of aromatic amines is 1. The Balaban J connectivity index is 1.57. The van der Waals surface area contributed by atoms with Crippen molar-refractivity contribution in [3.05, 3.63) is 58.3 Å². The number of H-pyrrole nitrogens is 1. The first-order valence-corrected chi connectivity index (χ1v) is 9.74. The van der Waals surface area contributed by atoms with Crippen LogP contribution in [0.15, 0.2) is 41.2 Å². The average molecular weight is 409 g/mol. The quantitative estimate of drug-likeness (QED) is 0.221. The topological polar surface area (TPSA) is 121 Å². The number of nitrogens with zero attached hydrogens (tertiary/aromatic N) is 3. The van der Waals surface area contributed by atoms with Gasteiger partial charge in [-0.2, -0.15) is 10.6 Å². The highest BCUT2D eigenvalue weighted by Gasteiger charge is 2.15. The molecule has 1 aromatic carbocycles. The number of benzene rings is 1. The van der Waals surface area contributed by atoms with Crippen LogP contribution in [0, 0.1) is 5.41 Å². The maximum atomic E-state index is 12.4. The van der Waals surface area contributed by atoms with Crippen molar-refractivity contribution < 1.29 is 9.63 Å². The van der Waals surface area contributed by atoms with Gasteiger partial charge in [-0.3, -0.25) is 14.9 Å². The minimum Gasteiger partial charge on any atom is -0.387 e. The molecule has 0 bridgehead atoms. The summed E-state index contributed by atoms with van der Waals surface area (Å²) in [6.45, 7) is 0.368. The molecule has 0 radical (unpaired) electrons. The van der Waals surface area contributed by atoms with Crippen LogP contribution >= 0.6 is 11.3 Å². The van der Waals surface area contributed by atoms with Crippen LogP contribution in [0.2, 0.25) is 0 Å². The van der Waals surface area contributed by atoms with Crippen molar-refractivity contribution in [1.82, 2.24) is 30.5 Å². The van der Waals surface area contributed by atoms with E-state index in [4.69, 9.17) is 10.2 Å². The number of hydroxylamine groups is 1. The van der Waals surface area contributed by atoms with Crippen LogP contribution in [0.4, 0.5) is 0 Å². The van der Waals surface area contributed by atoms with Crippen molar-refractivity contribution in [3.63, 3.8) is 0 Å². The predicted octanol–water partition coefficient (Wildman–Crippen LogP) is 2.43. The minimum atomic E-state index is -0.248. The molecule has 4 rings (SSSR count). The fourth-order valence-electron chi connectivity index (χ4n) is 3.01. The van der Waals surface area contributed by atoms with Crippen LogP contribution in [-0.4, -0.2) is 38.6 Å². The van der Waals surface area contributed by atoms with Crippen LogP contribution in [0.5, 0.6) is 0 Å². The van der Waals surface area contributed by atoms with Gasteiger partial charge in [-0.05, 0) is 24.3 Å². The van der Waals surface area contributed by atoms with Gasteiger partial charge in [0.15, 0.2) is 5.69 Å². The van der Waals surface area contributed by atoms with Crippen molar-refractivity contribution in [2.45, 2.75) is 6.54 Å². The first-order chi connectivity index (χ1) is 14.0. The molecule has 0 spiro atoms. The number of nitrogens with one attached hydrogen (secondary N) is 4. The molecule has 3 heterocycles. The Morgan fingerprint density at radius 3 is 2.97 bits per heavy atom. The molecule has 0 saturated carbocycles. The Bertz CT molecular complexity index is 1180. The Labute approximate surface area is 170 Å². The molecule has 4 N–H and O–H groups in total. The third kappa shape index (κ3) is 3.89. The maximum absolute atomic E-state index is 12.4. The predicted molar refractivity (Wildman–Crippen MR) is 111 cm³/mol. The molecule has 10 heteroatoms. The fourth-order valence-corrected chi connectivity index (χ4v) is 3.56. The summed E-state index contributed by atoms with van der Waals surface area (Å²) in [7, 11) is 3.40. The smallest absolute Gasteiger partial charge is 0.272 e. The summed E-state index contributed by atoms with van der Waals surface area (Å²) in [5, 5.41) is 17.9. The second kappa shape index (κ2) is 7.86. The van der Waals surface area contributed by atoms with E-state index in [9.17, 15) is 4.79 Å². The van der Waals surface area contributed by atoms with Crippen molar-refractivity contribution in [1.29, 1.82) is 5.41 Å². The lowest BCUT2D eigenvalue weighted by atomic mass is 10.1. The Morgan fingerprint density at radius 1 is 1.34 bits per heavy atom. The molecule has 4 aromatic rings. The van der Waals surface area contributed by atoms with E-state index in [-0.39, 0.29) is 11.8 Å². The van der Waals surface area contributed by atoms with Crippen molar-refractivity contribution in [3.8, 4) is 11.3 Å². The highest BCUT2D eigenvalue weighted by Crippen LogP contribution is 2.25. The van der Waals surface area contributed by atoms with Gasteiger partial charge in [0.2, 0.25) is 0 Å². The number of fused-ring (bicyclic) bond motifs is 1. The zero-order chi connectivity index (χ0) is 20.4. The molecule has 29 heavy (non-hydrogen) atoms. The van der Waals surface area contributed by atoms with Gasteiger partial charge in [0.1, 0.15) is 5.69 Å². The fraction of sp³-hybridized carbons (Fsp3) is 0.158. The molecule has 9 nitrogen and oxygen atoms in total. The van der Waals surface area contributed by atoms with Crippen LogP contribution in [0.3, 0.4) is 0 Å². The third-order valence-electron chi connectivity index (χ3n) is 4.39. The molecule has 0 unspecified atom stereocenters. The molecule has 0 aliphatic carbocycles. The molecule has 0 aliphatic heterocycles.